The Labute approximate surface area is 109 Å². The highest BCUT2D eigenvalue weighted by atomic mass is 35.5. The number of ether oxygens (including phenoxy) is 1. The molecule has 3 heteroatoms. The molecule has 0 saturated carbocycles. The zero-order valence-corrected chi connectivity index (χ0v) is 11.6. The Morgan fingerprint density at radius 2 is 1.88 bits per heavy atom. The average molecular weight is 256 g/mol. The van der Waals surface area contributed by atoms with Gasteiger partial charge in [-0.2, -0.15) is 0 Å². The average Bonchev–Trinajstić information content (AvgIpc) is 2.30. The summed E-state index contributed by atoms with van der Waals surface area (Å²) in [5, 5.41) is 4.09. The van der Waals surface area contributed by atoms with E-state index in [0.29, 0.717) is 5.92 Å². The molecule has 2 nitrogen and oxygen atoms in total. The predicted octanol–water partition coefficient (Wildman–Crippen LogP) is 3.66. The quantitative estimate of drug-likeness (QED) is 0.803. The lowest BCUT2D eigenvalue weighted by Gasteiger charge is -2.20. The van der Waals surface area contributed by atoms with E-state index in [1.807, 2.05) is 24.3 Å². The van der Waals surface area contributed by atoms with E-state index in [4.69, 9.17) is 16.3 Å². The molecule has 0 aromatic heterocycles. The molecule has 96 valence electrons. The Morgan fingerprint density at radius 3 is 2.41 bits per heavy atom. The highest BCUT2D eigenvalue weighted by molar-refractivity contribution is 6.30. The zero-order valence-electron chi connectivity index (χ0n) is 10.9. The van der Waals surface area contributed by atoms with Crippen LogP contribution in [0, 0.1) is 5.92 Å². The molecular weight excluding hydrogens is 234 g/mol. The van der Waals surface area contributed by atoms with Gasteiger partial charge in [-0.15, -0.1) is 0 Å². The Morgan fingerprint density at radius 1 is 1.24 bits per heavy atom. The molecule has 0 aliphatic rings. The Hall–Kier alpha value is -0.570. The summed E-state index contributed by atoms with van der Waals surface area (Å²) in [5.74, 6) is 0.548. The van der Waals surface area contributed by atoms with E-state index >= 15 is 0 Å². The molecule has 0 amide bonds. The fourth-order valence-corrected chi connectivity index (χ4v) is 1.66. The van der Waals surface area contributed by atoms with E-state index in [1.54, 1.807) is 0 Å². The smallest absolute Gasteiger partial charge is 0.0949 e. The third kappa shape index (κ3) is 5.53. The number of hydrogen-bond acceptors (Lipinski definition) is 2. The highest BCUT2D eigenvalue weighted by Gasteiger charge is 2.12. The zero-order chi connectivity index (χ0) is 12.7. The van der Waals surface area contributed by atoms with Crippen LogP contribution >= 0.6 is 11.6 Å². The molecule has 1 aromatic rings. The number of rotatable bonds is 7. The third-order valence-electron chi connectivity index (χ3n) is 2.45. The maximum Gasteiger partial charge on any atom is 0.0949 e. The van der Waals surface area contributed by atoms with Crippen molar-refractivity contribution < 1.29 is 4.74 Å². The van der Waals surface area contributed by atoms with Gasteiger partial charge in [0.2, 0.25) is 0 Å². The first-order chi connectivity index (χ1) is 8.13. The van der Waals surface area contributed by atoms with Crippen LogP contribution in [0.15, 0.2) is 24.3 Å². The minimum atomic E-state index is 0.106. The summed E-state index contributed by atoms with van der Waals surface area (Å²) in [6.07, 6.45) is 0.106. The summed E-state index contributed by atoms with van der Waals surface area (Å²) in [6, 6.07) is 7.89. The van der Waals surface area contributed by atoms with Crippen molar-refractivity contribution in [3.8, 4) is 0 Å². The van der Waals surface area contributed by atoms with E-state index in [9.17, 15) is 0 Å². The lowest BCUT2D eigenvalue weighted by molar-refractivity contribution is 0.0355. The summed E-state index contributed by atoms with van der Waals surface area (Å²) in [5.41, 5.74) is 1.18. The van der Waals surface area contributed by atoms with Gasteiger partial charge in [0.1, 0.15) is 0 Å². The van der Waals surface area contributed by atoms with Gasteiger partial charge >= 0.3 is 0 Å². The minimum Gasteiger partial charge on any atom is -0.372 e. The van der Waals surface area contributed by atoms with Gasteiger partial charge in [0.25, 0.3) is 0 Å². The van der Waals surface area contributed by atoms with Gasteiger partial charge in [-0.25, -0.2) is 0 Å². The van der Waals surface area contributed by atoms with E-state index in [-0.39, 0.29) is 6.10 Å². The number of likely N-dealkylation sites (N-methyl/N-ethyl adjacent to an activating group) is 1. The first kappa shape index (κ1) is 14.5. The van der Waals surface area contributed by atoms with Gasteiger partial charge in [0, 0.05) is 18.2 Å². The molecule has 1 rings (SSSR count). The molecule has 1 unspecified atom stereocenters. The van der Waals surface area contributed by atoms with Crippen molar-refractivity contribution in [2.24, 2.45) is 5.92 Å². The molecule has 0 bridgehead atoms. The van der Waals surface area contributed by atoms with Crippen LogP contribution in [0.3, 0.4) is 0 Å². The normalized spacial score (nSPS) is 13.0. The fraction of sp³-hybridized carbons (Fsp3) is 0.571. The van der Waals surface area contributed by atoms with Crippen LogP contribution < -0.4 is 5.32 Å². The van der Waals surface area contributed by atoms with Gasteiger partial charge in [0.15, 0.2) is 0 Å². The molecule has 0 saturated heterocycles. The first-order valence-corrected chi connectivity index (χ1v) is 6.59. The molecule has 1 atom stereocenters. The Kier molecular flexibility index (Phi) is 6.56. The molecule has 0 heterocycles. The van der Waals surface area contributed by atoms with Gasteiger partial charge in [-0.3, -0.25) is 0 Å². The van der Waals surface area contributed by atoms with Gasteiger partial charge in [-0.05, 0) is 30.2 Å². The van der Waals surface area contributed by atoms with Crippen molar-refractivity contribution >= 4 is 11.6 Å². The molecule has 0 aliphatic heterocycles. The SMILES string of the molecule is CCNCC(OCC(C)C)c1ccc(Cl)cc1. The second kappa shape index (κ2) is 7.70. The first-order valence-electron chi connectivity index (χ1n) is 6.21. The molecule has 0 radical (unpaired) electrons. The lowest BCUT2D eigenvalue weighted by Crippen LogP contribution is -2.24. The molecule has 0 spiro atoms. The second-order valence-corrected chi connectivity index (χ2v) is 5.01. The minimum absolute atomic E-state index is 0.106. The van der Waals surface area contributed by atoms with Gasteiger partial charge in [-0.1, -0.05) is 44.5 Å². The molecule has 1 N–H and O–H groups in total. The van der Waals surface area contributed by atoms with E-state index in [1.165, 1.54) is 5.56 Å². The summed E-state index contributed by atoms with van der Waals surface area (Å²) in [7, 11) is 0. The topological polar surface area (TPSA) is 21.3 Å². The van der Waals surface area contributed by atoms with Crippen molar-refractivity contribution in [3.05, 3.63) is 34.9 Å². The van der Waals surface area contributed by atoms with E-state index in [0.717, 1.165) is 24.7 Å². The summed E-state index contributed by atoms with van der Waals surface area (Å²) >= 11 is 5.89. The standard InChI is InChI=1S/C14H22ClNO/c1-4-16-9-14(17-10-11(2)3)12-5-7-13(15)8-6-12/h5-8,11,14,16H,4,9-10H2,1-3H3. The van der Waals surface area contributed by atoms with Crippen molar-refractivity contribution in [1.82, 2.24) is 5.32 Å². The van der Waals surface area contributed by atoms with Gasteiger partial charge in [0.05, 0.1) is 6.10 Å². The maximum atomic E-state index is 5.93. The highest BCUT2D eigenvalue weighted by Crippen LogP contribution is 2.20. The van der Waals surface area contributed by atoms with Crippen LogP contribution in [-0.2, 0) is 4.74 Å². The molecule has 0 fully saturated rings. The van der Waals surface area contributed by atoms with Crippen molar-refractivity contribution in [1.29, 1.82) is 0 Å². The van der Waals surface area contributed by atoms with Crippen molar-refractivity contribution in [2.75, 3.05) is 19.7 Å². The van der Waals surface area contributed by atoms with Crippen LogP contribution in [0.5, 0.6) is 0 Å². The third-order valence-corrected chi connectivity index (χ3v) is 2.70. The summed E-state index contributed by atoms with van der Waals surface area (Å²) in [6.45, 7) is 8.98. The van der Waals surface area contributed by atoms with E-state index < -0.39 is 0 Å². The van der Waals surface area contributed by atoms with Crippen LogP contribution in [0.4, 0.5) is 0 Å². The Balaban J connectivity index is 2.63. The number of benzene rings is 1. The predicted molar refractivity (Wildman–Crippen MR) is 73.5 cm³/mol. The van der Waals surface area contributed by atoms with Crippen LogP contribution in [0.2, 0.25) is 5.02 Å². The molecule has 17 heavy (non-hydrogen) atoms. The molecular formula is C14H22ClNO. The number of nitrogens with one attached hydrogen (secondary N) is 1. The molecule has 0 aliphatic carbocycles. The second-order valence-electron chi connectivity index (χ2n) is 4.58. The number of halogens is 1. The summed E-state index contributed by atoms with van der Waals surface area (Å²) in [4.78, 5) is 0. The van der Waals surface area contributed by atoms with Crippen molar-refractivity contribution in [2.45, 2.75) is 26.9 Å². The van der Waals surface area contributed by atoms with Crippen molar-refractivity contribution in [3.63, 3.8) is 0 Å². The monoisotopic (exact) mass is 255 g/mol. The van der Waals surface area contributed by atoms with Crippen LogP contribution in [0.1, 0.15) is 32.4 Å². The lowest BCUT2D eigenvalue weighted by atomic mass is 10.1. The summed E-state index contributed by atoms with van der Waals surface area (Å²) < 4.78 is 5.93. The van der Waals surface area contributed by atoms with Crippen LogP contribution in [0.25, 0.3) is 0 Å². The maximum absolute atomic E-state index is 5.93. The van der Waals surface area contributed by atoms with Crippen LogP contribution in [-0.4, -0.2) is 19.7 Å². The molecule has 1 aromatic carbocycles. The van der Waals surface area contributed by atoms with E-state index in [2.05, 4.69) is 26.1 Å². The van der Waals surface area contributed by atoms with Gasteiger partial charge < -0.3 is 10.1 Å². The number of hydrogen-bond donors (Lipinski definition) is 1. The largest absolute Gasteiger partial charge is 0.372 e. The fourth-order valence-electron chi connectivity index (χ4n) is 1.53. The Bertz CT molecular complexity index is 311.